The van der Waals surface area contributed by atoms with Gasteiger partial charge in [-0.25, -0.2) is 0 Å². The summed E-state index contributed by atoms with van der Waals surface area (Å²) >= 11 is 0. The number of hydrogen-bond acceptors (Lipinski definition) is 3. The Labute approximate surface area is 169 Å². The molecule has 0 spiro atoms. The largest absolute Gasteiger partial charge is 0.489 e. The number of piperidine rings is 1. The maximum atomic E-state index is 6.02. The molecule has 0 aliphatic carbocycles. The van der Waals surface area contributed by atoms with E-state index in [1.165, 1.54) is 43.6 Å². The van der Waals surface area contributed by atoms with Crippen LogP contribution in [-0.2, 0) is 17.8 Å². The quantitative estimate of drug-likeness (QED) is 0.580. The Kier molecular flexibility index (Phi) is 7.17. The topological polar surface area (TPSA) is 21.7 Å². The minimum atomic E-state index is 0. The molecule has 2 saturated heterocycles. The Morgan fingerprint density at radius 2 is 1.63 bits per heavy atom. The van der Waals surface area contributed by atoms with Gasteiger partial charge in [-0.2, -0.15) is 0 Å². The van der Waals surface area contributed by atoms with Crippen LogP contribution >= 0.6 is 12.4 Å². The first kappa shape index (κ1) is 20.2. The van der Waals surface area contributed by atoms with Crippen LogP contribution in [0.2, 0.25) is 0 Å². The monoisotopic (exact) mass is 387 g/mol. The van der Waals surface area contributed by atoms with Crippen molar-refractivity contribution in [3.63, 3.8) is 0 Å². The fourth-order valence-corrected chi connectivity index (χ4v) is 4.17. The van der Waals surface area contributed by atoms with Gasteiger partial charge in [-0.05, 0) is 62.0 Å². The van der Waals surface area contributed by atoms with Gasteiger partial charge in [-0.15, -0.1) is 12.4 Å². The van der Waals surface area contributed by atoms with Crippen LogP contribution in [0.1, 0.15) is 30.4 Å². The van der Waals surface area contributed by atoms with Crippen molar-refractivity contribution in [3.05, 3.63) is 65.7 Å². The summed E-state index contributed by atoms with van der Waals surface area (Å²) in [5, 5.41) is 0. The average molecular weight is 388 g/mol. The van der Waals surface area contributed by atoms with Crippen LogP contribution in [0.5, 0.6) is 5.75 Å². The second-order valence-electron chi connectivity index (χ2n) is 7.85. The highest BCUT2D eigenvalue weighted by molar-refractivity contribution is 5.85. The fourth-order valence-electron chi connectivity index (χ4n) is 4.17. The Hall–Kier alpha value is -1.55. The summed E-state index contributed by atoms with van der Waals surface area (Å²) in [4.78, 5) is 2.57. The SMILES string of the molecule is Cl.c1ccc(COc2ccc(CCCOCC34CCN(CC3)C4)cc2)cc1. The first-order valence-electron chi connectivity index (χ1n) is 9.87. The molecule has 146 valence electrons. The maximum absolute atomic E-state index is 6.02. The molecule has 0 radical (unpaired) electrons. The van der Waals surface area contributed by atoms with E-state index in [4.69, 9.17) is 9.47 Å². The molecule has 2 aliphatic heterocycles. The highest BCUT2D eigenvalue weighted by Gasteiger charge is 2.43. The molecule has 0 atom stereocenters. The summed E-state index contributed by atoms with van der Waals surface area (Å²) in [7, 11) is 0. The van der Waals surface area contributed by atoms with Crippen LogP contribution in [0.3, 0.4) is 0 Å². The van der Waals surface area contributed by atoms with Crippen LogP contribution < -0.4 is 4.74 Å². The van der Waals surface area contributed by atoms with Crippen LogP contribution in [-0.4, -0.2) is 37.7 Å². The second-order valence-corrected chi connectivity index (χ2v) is 7.85. The summed E-state index contributed by atoms with van der Waals surface area (Å²) in [5.41, 5.74) is 3.03. The molecule has 2 aromatic carbocycles. The van der Waals surface area contributed by atoms with Gasteiger partial charge in [0.05, 0.1) is 6.61 Å². The molecule has 2 fully saturated rings. The lowest BCUT2D eigenvalue weighted by atomic mass is 9.86. The van der Waals surface area contributed by atoms with Crippen molar-refractivity contribution in [2.24, 2.45) is 5.41 Å². The minimum absolute atomic E-state index is 0. The predicted molar refractivity (Wildman–Crippen MR) is 112 cm³/mol. The number of ether oxygens (including phenoxy) is 2. The summed E-state index contributed by atoms with van der Waals surface area (Å²) in [5.74, 6) is 0.931. The van der Waals surface area contributed by atoms with E-state index in [-0.39, 0.29) is 12.4 Å². The molecular formula is C23H30ClNO2. The lowest BCUT2D eigenvalue weighted by molar-refractivity contribution is 0.0554. The average Bonchev–Trinajstić information content (AvgIpc) is 3.29. The van der Waals surface area contributed by atoms with Gasteiger partial charge in [0.25, 0.3) is 0 Å². The first-order valence-corrected chi connectivity index (χ1v) is 9.87. The Morgan fingerprint density at radius 3 is 2.30 bits per heavy atom. The molecule has 4 heteroatoms. The first-order chi connectivity index (χ1) is 12.8. The van der Waals surface area contributed by atoms with E-state index in [2.05, 4.69) is 41.3 Å². The van der Waals surface area contributed by atoms with E-state index >= 15 is 0 Å². The summed E-state index contributed by atoms with van der Waals surface area (Å²) < 4.78 is 11.9. The fraction of sp³-hybridized carbons (Fsp3) is 0.478. The molecule has 27 heavy (non-hydrogen) atoms. The predicted octanol–water partition coefficient (Wildman–Crippen LogP) is 4.73. The molecule has 0 amide bonds. The van der Waals surface area contributed by atoms with E-state index in [0.29, 0.717) is 12.0 Å². The molecule has 0 unspecified atom stereocenters. The Morgan fingerprint density at radius 1 is 0.889 bits per heavy atom. The molecule has 2 aromatic rings. The highest BCUT2D eigenvalue weighted by Crippen LogP contribution is 2.40. The zero-order valence-corrected chi connectivity index (χ0v) is 16.8. The maximum Gasteiger partial charge on any atom is 0.119 e. The molecule has 3 nitrogen and oxygen atoms in total. The third-order valence-electron chi connectivity index (χ3n) is 5.81. The molecule has 2 aliphatic rings. The van der Waals surface area contributed by atoms with Gasteiger partial charge in [0, 0.05) is 18.6 Å². The van der Waals surface area contributed by atoms with E-state index in [9.17, 15) is 0 Å². The van der Waals surface area contributed by atoms with Gasteiger partial charge in [0.2, 0.25) is 0 Å². The molecule has 0 aromatic heterocycles. The molecule has 4 rings (SSSR count). The molecular weight excluding hydrogens is 358 g/mol. The van der Waals surface area contributed by atoms with Crippen LogP contribution in [0, 0.1) is 5.41 Å². The second kappa shape index (κ2) is 9.59. The molecule has 0 N–H and O–H groups in total. The van der Waals surface area contributed by atoms with Crippen molar-refractivity contribution in [2.45, 2.75) is 32.3 Å². The Balaban J connectivity index is 0.00000210. The number of benzene rings is 2. The van der Waals surface area contributed by atoms with Crippen molar-refractivity contribution < 1.29 is 9.47 Å². The van der Waals surface area contributed by atoms with Gasteiger partial charge in [0.15, 0.2) is 0 Å². The van der Waals surface area contributed by atoms with Crippen molar-refractivity contribution >= 4 is 12.4 Å². The number of rotatable bonds is 9. The van der Waals surface area contributed by atoms with Crippen molar-refractivity contribution in [3.8, 4) is 5.75 Å². The van der Waals surface area contributed by atoms with E-state index in [1.54, 1.807) is 0 Å². The Bertz CT molecular complexity index is 681. The van der Waals surface area contributed by atoms with Gasteiger partial charge in [0.1, 0.15) is 12.4 Å². The zero-order chi connectivity index (χ0) is 17.7. The normalized spacial score (nSPS) is 23.2. The van der Waals surface area contributed by atoms with E-state index in [1.807, 2.05) is 18.2 Å². The number of hydrogen-bond donors (Lipinski definition) is 0. The summed E-state index contributed by atoms with van der Waals surface area (Å²) in [6, 6.07) is 18.8. The molecule has 2 bridgehead atoms. The standard InChI is InChI=1S/C23H29NO2.ClH/c1-2-5-21(6-3-1)17-26-22-10-8-20(9-11-22)7-4-16-25-19-23-12-14-24(18-23)15-13-23;/h1-3,5-6,8-11H,4,7,12-19H2;1H. The lowest BCUT2D eigenvalue weighted by Crippen LogP contribution is -2.25. The minimum Gasteiger partial charge on any atom is -0.489 e. The highest BCUT2D eigenvalue weighted by atomic mass is 35.5. The summed E-state index contributed by atoms with van der Waals surface area (Å²) in [6.07, 6.45) is 4.82. The molecule has 2 heterocycles. The smallest absolute Gasteiger partial charge is 0.119 e. The third kappa shape index (κ3) is 5.47. The third-order valence-corrected chi connectivity index (χ3v) is 5.81. The zero-order valence-electron chi connectivity index (χ0n) is 15.9. The van der Waals surface area contributed by atoms with Gasteiger partial charge >= 0.3 is 0 Å². The van der Waals surface area contributed by atoms with Gasteiger partial charge < -0.3 is 14.4 Å². The lowest BCUT2D eigenvalue weighted by Gasteiger charge is -2.24. The van der Waals surface area contributed by atoms with Gasteiger partial charge in [-0.3, -0.25) is 0 Å². The number of fused-ring (bicyclic) bond motifs is 2. The number of nitrogens with zero attached hydrogens (tertiary/aromatic N) is 1. The van der Waals surface area contributed by atoms with E-state index < -0.39 is 0 Å². The van der Waals surface area contributed by atoms with E-state index in [0.717, 1.165) is 31.8 Å². The number of aryl methyl sites for hydroxylation is 1. The van der Waals surface area contributed by atoms with Gasteiger partial charge in [-0.1, -0.05) is 42.5 Å². The van der Waals surface area contributed by atoms with Crippen molar-refractivity contribution in [2.75, 3.05) is 32.8 Å². The van der Waals surface area contributed by atoms with Crippen LogP contribution in [0.15, 0.2) is 54.6 Å². The number of halogens is 1. The molecule has 0 saturated carbocycles. The van der Waals surface area contributed by atoms with Crippen LogP contribution in [0.4, 0.5) is 0 Å². The summed E-state index contributed by atoms with van der Waals surface area (Å²) in [6.45, 7) is 6.26. The van der Waals surface area contributed by atoms with Crippen molar-refractivity contribution in [1.82, 2.24) is 4.90 Å². The van der Waals surface area contributed by atoms with Crippen molar-refractivity contribution in [1.29, 1.82) is 0 Å². The van der Waals surface area contributed by atoms with Crippen LogP contribution in [0.25, 0.3) is 0 Å².